The number of benzene rings is 1. The van der Waals surface area contributed by atoms with E-state index in [1.165, 1.54) is 0 Å². The van der Waals surface area contributed by atoms with Gasteiger partial charge in [0.05, 0.1) is 5.69 Å². The van der Waals surface area contributed by atoms with Crippen LogP contribution in [0.15, 0.2) is 17.5 Å². The first-order valence-electron chi connectivity index (χ1n) is 8.60. The molecule has 0 saturated heterocycles. The second-order valence-corrected chi connectivity index (χ2v) is 6.83. The number of phenols is 1. The lowest BCUT2D eigenvalue weighted by Crippen LogP contribution is -1.95. The van der Waals surface area contributed by atoms with Gasteiger partial charge in [-0.2, -0.15) is 0 Å². The van der Waals surface area contributed by atoms with E-state index in [9.17, 15) is 5.11 Å². The highest BCUT2D eigenvalue weighted by atomic mass is 32.1. The van der Waals surface area contributed by atoms with Crippen LogP contribution in [0.25, 0.3) is 10.6 Å². The average Bonchev–Trinajstić information content (AvgIpc) is 3.02. The molecule has 1 heterocycles. The highest BCUT2D eigenvalue weighted by Crippen LogP contribution is 2.33. The lowest BCUT2D eigenvalue weighted by atomic mass is 9.97. The maximum absolute atomic E-state index is 10.6. The third kappa shape index (κ3) is 4.79. The van der Waals surface area contributed by atoms with Crippen LogP contribution in [-0.2, 0) is 19.3 Å². The Labute approximate surface area is 143 Å². The number of rotatable bonds is 9. The second kappa shape index (κ2) is 9.04. The Morgan fingerprint density at radius 2 is 1.61 bits per heavy atom. The van der Waals surface area contributed by atoms with Gasteiger partial charge in [0.1, 0.15) is 10.8 Å². The van der Waals surface area contributed by atoms with Crippen molar-refractivity contribution in [3.05, 3.63) is 34.3 Å². The first-order valence-corrected chi connectivity index (χ1v) is 9.47. The molecule has 3 nitrogen and oxygen atoms in total. The molecule has 0 bridgehead atoms. The van der Waals surface area contributed by atoms with Crippen LogP contribution in [-0.4, -0.2) is 21.8 Å². The minimum absolute atomic E-state index is 0.127. The predicted molar refractivity (Wildman–Crippen MR) is 97.2 cm³/mol. The highest BCUT2D eigenvalue weighted by Gasteiger charge is 2.13. The summed E-state index contributed by atoms with van der Waals surface area (Å²) >= 11 is 1.61. The van der Waals surface area contributed by atoms with E-state index in [2.05, 4.69) is 31.0 Å². The normalized spacial score (nSPS) is 11.1. The molecule has 0 unspecified atom stereocenters. The lowest BCUT2D eigenvalue weighted by Gasteiger charge is -2.12. The van der Waals surface area contributed by atoms with Crippen LogP contribution in [0, 0.1) is 0 Å². The predicted octanol–water partition coefficient (Wildman–Crippen LogP) is 4.74. The maximum Gasteiger partial charge on any atom is 0.123 e. The molecule has 1 aromatic heterocycles. The van der Waals surface area contributed by atoms with Gasteiger partial charge in [0, 0.05) is 24.0 Å². The summed E-state index contributed by atoms with van der Waals surface area (Å²) in [5.41, 5.74) is 4.10. The summed E-state index contributed by atoms with van der Waals surface area (Å²) in [6.45, 7) is 4.46. The maximum atomic E-state index is 10.6. The van der Waals surface area contributed by atoms with E-state index in [0.717, 1.165) is 65.9 Å². The quantitative estimate of drug-likeness (QED) is 0.697. The summed E-state index contributed by atoms with van der Waals surface area (Å²) in [6, 6.07) is 4.17. The molecule has 23 heavy (non-hydrogen) atoms. The molecular weight excluding hydrogens is 306 g/mol. The summed E-state index contributed by atoms with van der Waals surface area (Å²) < 4.78 is 0. The van der Waals surface area contributed by atoms with Gasteiger partial charge in [0.2, 0.25) is 0 Å². The van der Waals surface area contributed by atoms with Gasteiger partial charge < -0.3 is 10.2 Å². The molecule has 1 aromatic carbocycles. The molecule has 4 heteroatoms. The molecular formula is C19H27NO2S. The van der Waals surface area contributed by atoms with E-state index < -0.39 is 0 Å². The van der Waals surface area contributed by atoms with Crippen molar-refractivity contribution < 1.29 is 10.2 Å². The summed E-state index contributed by atoms with van der Waals surface area (Å²) in [5.74, 6) is 0.475. The first-order chi connectivity index (χ1) is 11.2. The van der Waals surface area contributed by atoms with Crippen LogP contribution in [0.1, 0.15) is 56.4 Å². The molecule has 0 fully saturated rings. The van der Waals surface area contributed by atoms with Crippen molar-refractivity contribution in [2.75, 3.05) is 6.61 Å². The van der Waals surface area contributed by atoms with Gasteiger partial charge in [-0.25, -0.2) is 4.98 Å². The van der Waals surface area contributed by atoms with E-state index in [1.807, 2.05) is 5.38 Å². The smallest absolute Gasteiger partial charge is 0.123 e. The Balaban J connectivity index is 2.36. The van der Waals surface area contributed by atoms with Crippen molar-refractivity contribution in [2.24, 2.45) is 0 Å². The average molecular weight is 333 g/mol. The van der Waals surface area contributed by atoms with Crippen LogP contribution in [0.3, 0.4) is 0 Å². The zero-order valence-corrected chi connectivity index (χ0v) is 15.0. The molecule has 2 rings (SSSR count). The fourth-order valence-electron chi connectivity index (χ4n) is 2.67. The summed E-state index contributed by atoms with van der Waals surface area (Å²) in [6.07, 6.45) is 6.81. The van der Waals surface area contributed by atoms with E-state index >= 15 is 0 Å². The monoisotopic (exact) mass is 333 g/mol. The molecule has 2 aromatic rings. The molecule has 126 valence electrons. The number of thiazole rings is 1. The Hall–Kier alpha value is -1.39. The number of phenolic OH excluding ortho intramolecular Hbond substituents is 1. The standard InChI is InChI=1S/C19H27NO2S/c1-3-5-7-14-11-16(12-15(18(14)22)8-6-4-2)19-20-17(9-10-21)13-23-19/h11-13,21-22H,3-10H2,1-2H3. The topological polar surface area (TPSA) is 53.4 Å². The molecule has 0 aliphatic rings. The Kier molecular flexibility index (Phi) is 7.06. The zero-order valence-electron chi connectivity index (χ0n) is 14.1. The Morgan fingerprint density at radius 1 is 1.00 bits per heavy atom. The van der Waals surface area contributed by atoms with Gasteiger partial charge in [0.25, 0.3) is 0 Å². The molecule has 0 amide bonds. The molecule has 2 N–H and O–H groups in total. The van der Waals surface area contributed by atoms with Crippen molar-refractivity contribution in [2.45, 2.75) is 58.8 Å². The summed E-state index contributed by atoms with van der Waals surface area (Å²) in [7, 11) is 0. The van der Waals surface area contributed by atoms with Crippen molar-refractivity contribution in [1.29, 1.82) is 0 Å². The molecule has 0 spiro atoms. The van der Waals surface area contributed by atoms with Crippen LogP contribution in [0.2, 0.25) is 0 Å². The number of aliphatic hydroxyl groups is 1. The number of aryl methyl sites for hydroxylation is 2. The van der Waals surface area contributed by atoms with Gasteiger partial charge in [0.15, 0.2) is 0 Å². The minimum Gasteiger partial charge on any atom is -0.507 e. The summed E-state index contributed by atoms with van der Waals surface area (Å²) in [4.78, 5) is 4.62. The van der Waals surface area contributed by atoms with Gasteiger partial charge in [-0.3, -0.25) is 0 Å². The minimum atomic E-state index is 0.127. The van der Waals surface area contributed by atoms with E-state index in [0.29, 0.717) is 12.2 Å². The van der Waals surface area contributed by atoms with E-state index in [4.69, 9.17) is 5.11 Å². The van der Waals surface area contributed by atoms with Crippen LogP contribution in [0.5, 0.6) is 5.75 Å². The fraction of sp³-hybridized carbons (Fsp3) is 0.526. The highest BCUT2D eigenvalue weighted by molar-refractivity contribution is 7.13. The molecule has 0 radical (unpaired) electrons. The second-order valence-electron chi connectivity index (χ2n) is 5.97. The molecule has 0 saturated carbocycles. The van der Waals surface area contributed by atoms with Crippen molar-refractivity contribution >= 4 is 11.3 Å². The van der Waals surface area contributed by atoms with Crippen molar-refractivity contribution in [3.8, 4) is 16.3 Å². The van der Waals surface area contributed by atoms with Crippen LogP contribution >= 0.6 is 11.3 Å². The van der Waals surface area contributed by atoms with Crippen molar-refractivity contribution in [3.63, 3.8) is 0 Å². The number of aromatic hydroxyl groups is 1. The summed E-state index contributed by atoms with van der Waals surface area (Å²) in [5, 5.41) is 22.6. The van der Waals surface area contributed by atoms with E-state index in [-0.39, 0.29) is 6.61 Å². The fourth-order valence-corrected chi connectivity index (χ4v) is 3.51. The van der Waals surface area contributed by atoms with Crippen LogP contribution < -0.4 is 0 Å². The van der Waals surface area contributed by atoms with Crippen LogP contribution in [0.4, 0.5) is 0 Å². The van der Waals surface area contributed by atoms with E-state index in [1.54, 1.807) is 11.3 Å². The Bertz CT molecular complexity index is 593. The van der Waals surface area contributed by atoms with Gasteiger partial charge in [-0.15, -0.1) is 11.3 Å². The largest absolute Gasteiger partial charge is 0.507 e. The number of hydrogen-bond acceptors (Lipinski definition) is 4. The number of hydrogen-bond donors (Lipinski definition) is 2. The molecule has 0 atom stereocenters. The number of nitrogens with zero attached hydrogens (tertiary/aromatic N) is 1. The third-order valence-electron chi connectivity index (χ3n) is 4.03. The number of unbranched alkanes of at least 4 members (excludes halogenated alkanes) is 2. The third-order valence-corrected chi connectivity index (χ3v) is 4.97. The molecule has 0 aliphatic heterocycles. The van der Waals surface area contributed by atoms with Gasteiger partial charge in [-0.1, -0.05) is 26.7 Å². The van der Waals surface area contributed by atoms with Crippen molar-refractivity contribution in [1.82, 2.24) is 4.98 Å². The molecule has 0 aliphatic carbocycles. The van der Waals surface area contributed by atoms with Gasteiger partial charge >= 0.3 is 0 Å². The first kappa shape index (κ1) is 18.0. The zero-order chi connectivity index (χ0) is 16.7. The number of aromatic nitrogens is 1. The Morgan fingerprint density at radius 3 is 2.13 bits per heavy atom. The lowest BCUT2D eigenvalue weighted by molar-refractivity contribution is 0.298. The van der Waals surface area contributed by atoms with Gasteiger partial charge in [-0.05, 0) is 48.9 Å². The number of aliphatic hydroxyl groups excluding tert-OH is 1. The SMILES string of the molecule is CCCCc1cc(-c2nc(CCO)cs2)cc(CCCC)c1O.